The van der Waals surface area contributed by atoms with Crippen molar-refractivity contribution < 1.29 is 9.53 Å². The Labute approximate surface area is 117 Å². The predicted octanol–water partition coefficient (Wildman–Crippen LogP) is 4.47. The van der Waals surface area contributed by atoms with E-state index in [0.717, 1.165) is 24.8 Å². The molecule has 0 spiro atoms. The van der Waals surface area contributed by atoms with Crippen LogP contribution in [0.15, 0.2) is 24.3 Å². The smallest absolute Gasteiger partial charge is 0.313 e. The van der Waals surface area contributed by atoms with Crippen molar-refractivity contribution in [2.24, 2.45) is 5.92 Å². The van der Waals surface area contributed by atoms with E-state index in [4.69, 9.17) is 4.74 Å². The summed E-state index contributed by atoms with van der Waals surface area (Å²) >= 11 is 0. The Kier molecular flexibility index (Phi) is 6.61. The molecule has 0 aromatic heterocycles. The van der Waals surface area contributed by atoms with Gasteiger partial charge in [0, 0.05) is 0 Å². The van der Waals surface area contributed by atoms with Crippen LogP contribution < -0.4 is 0 Å². The van der Waals surface area contributed by atoms with Crippen LogP contribution in [0.4, 0.5) is 0 Å². The Bertz CT molecular complexity index is 381. The van der Waals surface area contributed by atoms with E-state index >= 15 is 0 Å². The summed E-state index contributed by atoms with van der Waals surface area (Å²) in [5.74, 6) is 0.0888. The Morgan fingerprint density at radius 1 is 1.21 bits per heavy atom. The normalized spacial score (nSPS) is 13.9. The molecule has 19 heavy (non-hydrogen) atoms. The van der Waals surface area contributed by atoms with Gasteiger partial charge in [-0.15, -0.1) is 0 Å². The maximum Gasteiger partial charge on any atom is 0.313 e. The molecule has 1 rings (SSSR count). The number of carbonyl (C=O) groups excluding carboxylic acids is 1. The molecule has 2 atom stereocenters. The molecule has 1 aromatic rings. The number of carbonyl (C=O) groups is 1. The lowest BCUT2D eigenvalue weighted by Gasteiger charge is -2.22. The largest absolute Gasteiger partial charge is 0.465 e. The van der Waals surface area contributed by atoms with Crippen molar-refractivity contribution >= 4 is 5.97 Å². The molecule has 2 unspecified atom stereocenters. The molecule has 106 valence electrons. The molecule has 0 heterocycles. The van der Waals surface area contributed by atoms with E-state index in [1.54, 1.807) is 0 Å². The minimum atomic E-state index is -0.137. The van der Waals surface area contributed by atoms with Crippen molar-refractivity contribution in [3.63, 3.8) is 0 Å². The van der Waals surface area contributed by atoms with Crippen molar-refractivity contribution in [3.8, 4) is 0 Å². The lowest BCUT2D eigenvalue weighted by Crippen LogP contribution is -2.22. The summed E-state index contributed by atoms with van der Waals surface area (Å²) in [6, 6.07) is 8.22. The Balaban J connectivity index is 2.82. The van der Waals surface area contributed by atoms with Gasteiger partial charge in [-0.05, 0) is 24.8 Å². The molecule has 0 saturated carbocycles. The van der Waals surface area contributed by atoms with E-state index < -0.39 is 0 Å². The first-order valence-corrected chi connectivity index (χ1v) is 7.33. The molecule has 0 aliphatic rings. The molecule has 0 aliphatic heterocycles. The molecule has 0 radical (unpaired) electrons. The monoisotopic (exact) mass is 262 g/mol. The van der Waals surface area contributed by atoms with Gasteiger partial charge in [-0.25, -0.2) is 0 Å². The van der Waals surface area contributed by atoms with E-state index in [1.165, 1.54) is 5.56 Å². The molecule has 0 amide bonds. The van der Waals surface area contributed by atoms with Gasteiger partial charge in [-0.2, -0.15) is 0 Å². The second-order valence-electron chi connectivity index (χ2n) is 5.29. The van der Waals surface area contributed by atoms with Gasteiger partial charge < -0.3 is 4.74 Å². The summed E-state index contributed by atoms with van der Waals surface area (Å²) in [7, 11) is 0. The fraction of sp³-hybridized carbons (Fsp3) is 0.588. The van der Waals surface area contributed by atoms with E-state index in [-0.39, 0.29) is 11.9 Å². The summed E-state index contributed by atoms with van der Waals surface area (Å²) in [6.07, 6.45) is 2.96. The highest BCUT2D eigenvalue weighted by molar-refractivity contribution is 5.78. The quantitative estimate of drug-likeness (QED) is 0.535. The fourth-order valence-corrected chi connectivity index (χ4v) is 2.11. The number of aryl methyl sites for hydroxylation is 1. The van der Waals surface area contributed by atoms with Crippen LogP contribution >= 0.6 is 0 Å². The van der Waals surface area contributed by atoms with Gasteiger partial charge in [0.15, 0.2) is 0 Å². The standard InChI is InChI=1S/C17H26O2/c1-5-7-12-19-17(18)16(14(4)6-2)15-10-8-13(3)9-11-15/h8-11,14,16H,5-7,12H2,1-4H3. The highest BCUT2D eigenvalue weighted by Crippen LogP contribution is 2.28. The van der Waals surface area contributed by atoms with Crippen LogP contribution in [0.5, 0.6) is 0 Å². The highest BCUT2D eigenvalue weighted by atomic mass is 16.5. The van der Waals surface area contributed by atoms with Gasteiger partial charge in [0.25, 0.3) is 0 Å². The second kappa shape index (κ2) is 7.98. The topological polar surface area (TPSA) is 26.3 Å². The molecule has 1 aromatic carbocycles. The van der Waals surface area contributed by atoms with Crippen molar-refractivity contribution in [2.45, 2.75) is 52.9 Å². The maximum absolute atomic E-state index is 12.3. The first-order chi connectivity index (χ1) is 9.10. The predicted molar refractivity (Wildman–Crippen MR) is 79.2 cm³/mol. The summed E-state index contributed by atoms with van der Waals surface area (Å²) < 4.78 is 5.41. The first kappa shape index (κ1) is 15.7. The number of ether oxygens (including phenoxy) is 1. The van der Waals surface area contributed by atoms with Gasteiger partial charge in [-0.1, -0.05) is 63.4 Å². The average molecular weight is 262 g/mol. The van der Waals surface area contributed by atoms with Crippen LogP contribution in [0, 0.1) is 12.8 Å². The van der Waals surface area contributed by atoms with Crippen LogP contribution in [0.3, 0.4) is 0 Å². The number of hydrogen-bond acceptors (Lipinski definition) is 2. The third kappa shape index (κ3) is 4.70. The first-order valence-electron chi connectivity index (χ1n) is 7.33. The Hall–Kier alpha value is -1.31. The number of hydrogen-bond donors (Lipinski definition) is 0. The van der Waals surface area contributed by atoms with Gasteiger partial charge in [0.05, 0.1) is 12.5 Å². The molecular weight excluding hydrogens is 236 g/mol. The SMILES string of the molecule is CCCCOC(=O)C(c1ccc(C)cc1)C(C)CC. The zero-order chi connectivity index (χ0) is 14.3. The molecule has 0 saturated heterocycles. The van der Waals surface area contributed by atoms with Crippen LogP contribution in [0.1, 0.15) is 57.1 Å². The minimum Gasteiger partial charge on any atom is -0.465 e. The van der Waals surface area contributed by atoms with Gasteiger partial charge >= 0.3 is 5.97 Å². The van der Waals surface area contributed by atoms with Crippen molar-refractivity contribution in [3.05, 3.63) is 35.4 Å². The molecular formula is C17H26O2. The number of unbranched alkanes of at least 4 members (excludes halogenated alkanes) is 1. The summed E-state index contributed by atoms with van der Waals surface area (Å²) in [6.45, 7) is 8.92. The van der Waals surface area contributed by atoms with Crippen LogP contribution in [0.2, 0.25) is 0 Å². The van der Waals surface area contributed by atoms with Gasteiger partial charge in [0.1, 0.15) is 0 Å². The van der Waals surface area contributed by atoms with Crippen molar-refractivity contribution in [1.29, 1.82) is 0 Å². The summed E-state index contributed by atoms with van der Waals surface area (Å²) in [4.78, 5) is 12.3. The molecule has 2 nitrogen and oxygen atoms in total. The average Bonchev–Trinajstić information content (AvgIpc) is 2.41. The zero-order valence-electron chi connectivity index (χ0n) is 12.6. The van der Waals surface area contributed by atoms with E-state index in [9.17, 15) is 4.79 Å². The molecule has 2 heteroatoms. The summed E-state index contributed by atoms with van der Waals surface area (Å²) in [5, 5.41) is 0. The second-order valence-corrected chi connectivity index (χ2v) is 5.29. The van der Waals surface area contributed by atoms with Gasteiger partial charge in [-0.3, -0.25) is 4.79 Å². The van der Waals surface area contributed by atoms with E-state index in [2.05, 4.69) is 39.8 Å². The molecule has 0 fully saturated rings. The van der Waals surface area contributed by atoms with E-state index in [0.29, 0.717) is 12.5 Å². The van der Waals surface area contributed by atoms with Gasteiger partial charge in [0.2, 0.25) is 0 Å². The molecule has 0 aliphatic carbocycles. The van der Waals surface area contributed by atoms with Crippen LogP contribution in [0.25, 0.3) is 0 Å². The maximum atomic E-state index is 12.3. The Morgan fingerprint density at radius 2 is 1.84 bits per heavy atom. The lowest BCUT2D eigenvalue weighted by atomic mass is 9.85. The number of rotatable bonds is 7. The fourth-order valence-electron chi connectivity index (χ4n) is 2.11. The number of esters is 1. The summed E-state index contributed by atoms with van der Waals surface area (Å²) in [5.41, 5.74) is 2.28. The van der Waals surface area contributed by atoms with Crippen molar-refractivity contribution in [1.82, 2.24) is 0 Å². The zero-order valence-corrected chi connectivity index (χ0v) is 12.6. The molecule has 0 bridgehead atoms. The molecule has 0 N–H and O–H groups in total. The highest BCUT2D eigenvalue weighted by Gasteiger charge is 2.27. The van der Waals surface area contributed by atoms with Crippen LogP contribution in [-0.2, 0) is 9.53 Å². The lowest BCUT2D eigenvalue weighted by molar-refractivity contribution is -0.147. The Morgan fingerprint density at radius 3 is 2.37 bits per heavy atom. The minimum absolute atomic E-state index is 0.0772. The number of benzene rings is 1. The third-order valence-electron chi connectivity index (χ3n) is 3.65. The van der Waals surface area contributed by atoms with Crippen LogP contribution in [-0.4, -0.2) is 12.6 Å². The third-order valence-corrected chi connectivity index (χ3v) is 3.65. The van der Waals surface area contributed by atoms with Crippen molar-refractivity contribution in [2.75, 3.05) is 6.61 Å². The van der Waals surface area contributed by atoms with E-state index in [1.807, 2.05) is 12.1 Å².